The fourth-order valence-corrected chi connectivity index (χ4v) is 7.24. The van der Waals surface area contributed by atoms with Crippen molar-refractivity contribution in [3.05, 3.63) is 180 Å². The van der Waals surface area contributed by atoms with Crippen LogP contribution in [0.25, 0.3) is 44.6 Å². The van der Waals surface area contributed by atoms with E-state index in [-0.39, 0.29) is 0 Å². The molecule has 3 heterocycles. The minimum Gasteiger partial charge on any atom is -0.457 e. The van der Waals surface area contributed by atoms with Gasteiger partial charge >= 0.3 is 0 Å². The third-order valence-corrected chi connectivity index (χ3v) is 9.12. The van der Waals surface area contributed by atoms with Crippen LogP contribution in [-0.2, 0) is 5.41 Å². The lowest BCUT2D eigenvalue weighted by molar-refractivity contribution is 0.435. The zero-order valence-electron chi connectivity index (χ0n) is 23.8. The molecule has 1 aliphatic heterocycles. The van der Waals surface area contributed by atoms with Crippen molar-refractivity contribution in [2.24, 2.45) is 0 Å². The first kappa shape index (κ1) is 24.8. The van der Waals surface area contributed by atoms with Gasteiger partial charge in [0.2, 0.25) is 0 Å². The number of hydrogen-bond acceptors (Lipinski definition) is 3. The predicted octanol–water partition coefficient (Wildman–Crippen LogP) is 9.95. The van der Waals surface area contributed by atoms with Crippen LogP contribution >= 0.6 is 0 Å². The van der Waals surface area contributed by atoms with Crippen molar-refractivity contribution in [2.45, 2.75) is 5.41 Å². The van der Waals surface area contributed by atoms with Crippen LogP contribution in [0.1, 0.15) is 22.3 Å². The normalized spacial score (nSPS) is 13.4. The maximum Gasteiger partial charge on any atom is 0.132 e. The van der Waals surface area contributed by atoms with Gasteiger partial charge in [-0.1, -0.05) is 103 Å². The van der Waals surface area contributed by atoms with E-state index in [9.17, 15) is 0 Å². The van der Waals surface area contributed by atoms with Crippen molar-refractivity contribution < 1.29 is 4.74 Å². The SMILES string of the molecule is c1cncc(-c2ccc(-c3ccc4c(c3)C3(c5ccccc5Oc5ccccc53)c3ccccc3-c3ccccc3-4)cn2)c1. The molecular weight excluding hydrogens is 536 g/mol. The molecule has 0 radical (unpaired) electrons. The molecule has 0 saturated carbocycles. The van der Waals surface area contributed by atoms with E-state index in [1.165, 1.54) is 33.4 Å². The average molecular weight is 563 g/mol. The summed E-state index contributed by atoms with van der Waals surface area (Å²) in [5.41, 5.74) is 13.1. The molecule has 1 aliphatic carbocycles. The summed E-state index contributed by atoms with van der Waals surface area (Å²) in [7, 11) is 0. The minimum absolute atomic E-state index is 0.616. The molecule has 2 aliphatic rings. The van der Waals surface area contributed by atoms with Gasteiger partial charge < -0.3 is 4.74 Å². The van der Waals surface area contributed by atoms with Gasteiger partial charge in [-0.25, -0.2) is 0 Å². The fourth-order valence-electron chi connectivity index (χ4n) is 7.24. The van der Waals surface area contributed by atoms with E-state index in [1.54, 1.807) is 6.20 Å². The Bertz CT molecular complexity index is 2160. The number of fused-ring (bicyclic) bond motifs is 11. The molecule has 1 spiro atoms. The number of nitrogens with zero attached hydrogens (tertiary/aromatic N) is 2. The van der Waals surface area contributed by atoms with Crippen LogP contribution < -0.4 is 4.74 Å². The smallest absolute Gasteiger partial charge is 0.132 e. The van der Waals surface area contributed by atoms with E-state index in [0.717, 1.165) is 45.0 Å². The lowest BCUT2D eigenvalue weighted by Gasteiger charge is -2.42. The Morgan fingerprint density at radius 1 is 0.432 bits per heavy atom. The summed E-state index contributed by atoms with van der Waals surface area (Å²) >= 11 is 0. The maximum atomic E-state index is 6.61. The number of pyridine rings is 2. The Morgan fingerprint density at radius 3 is 1.70 bits per heavy atom. The summed E-state index contributed by atoms with van der Waals surface area (Å²) in [5, 5.41) is 0. The molecule has 5 aromatic carbocycles. The largest absolute Gasteiger partial charge is 0.457 e. The number of aromatic nitrogens is 2. The van der Waals surface area contributed by atoms with Crippen molar-refractivity contribution in [3.8, 4) is 56.1 Å². The third kappa shape index (κ3) is 3.50. The summed E-state index contributed by atoms with van der Waals surface area (Å²) in [4.78, 5) is 9.11. The Morgan fingerprint density at radius 2 is 1.05 bits per heavy atom. The first-order chi connectivity index (χ1) is 21.8. The molecule has 0 saturated heterocycles. The zero-order valence-corrected chi connectivity index (χ0v) is 23.8. The van der Waals surface area contributed by atoms with Crippen molar-refractivity contribution in [1.29, 1.82) is 0 Å². The Hall–Kier alpha value is -5.80. The zero-order chi connectivity index (χ0) is 29.1. The van der Waals surface area contributed by atoms with Gasteiger partial charge in [-0.05, 0) is 75.3 Å². The number of para-hydroxylation sites is 2. The van der Waals surface area contributed by atoms with Crippen molar-refractivity contribution in [3.63, 3.8) is 0 Å². The molecule has 0 atom stereocenters. The molecular formula is C41H26N2O. The maximum absolute atomic E-state index is 6.61. The van der Waals surface area contributed by atoms with Crippen LogP contribution in [0.5, 0.6) is 11.5 Å². The number of rotatable bonds is 2. The molecule has 44 heavy (non-hydrogen) atoms. The fraction of sp³-hybridized carbons (Fsp3) is 0.0244. The van der Waals surface area contributed by atoms with Gasteiger partial charge in [0.15, 0.2) is 0 Å². The highest BCUT2D eigenvalue weighted by Crippen LogP contribution is 2.60. The van der Waals surface area contributed by atoms with E-state index in [0.29, 0.717) is 0 Å². The first-order valence-corrected chi connectivity index (χ1v) is 14.9. The second-order valence-electron chi connectivity index (χ2n) is 11.4. The predicted molar refractivity (Wildman–Crippen MR) is 176 cm³/mol. The summed E-state index contributed by atoms with van der Waals surface area (Å²) in [6.07, 6.45) is 5.61. The van der Waals surface area contributed by atoms with E-state index < -0.39 is 5.41 Å². The molecule has 9 rings (SSSR count). The Labute approximate surface area is 256 Å². The first-order valence-electron chi connectivity index (χ1n) is 14.9. The second-order valence-corrected chi connectivity index (χ2v) is 11.4. The minimum atomic E-state index is -0.616. The molecule has 7 aromatic rings. The molecule has 0 N–H and O–H groups in total. The summed E-state index contributed by atoms with van der Waals surface area (Å²) < 4.78 is 6.61. The van der Waals surface area contributed by atoms with Crippen LogP contribution in [0, 0.1) is 0 Å². The molecule has 0 unspecified atom stereocenters. The standard InChI is InChI=1S/C41H26N2O/c1-2-12-31-30(11-1)32-13-3-4-14-34(32)41(35-15-5-7-17-39(35)44-40-18-8-6-16-36(40)41)37-24-27(19-21-33(31)37)28-20-22-38(43-26-28)29-10-9-23-42-25-29/h1-26H. The van der Waals surface area contributed by atoms with E-state index in [2.05, 4.69) is 132 Å². The van der Waals surface area contributed by atoms with Crippen LogP contribution in [-0.4, -0.2) is 9.97 Å². The summed E-state index contributed by atoms with van der Waals surface area (Å²) in [6, 6.07) is 49.9. The van der Waals surface area contributed by atoms with Crippen molar-refractivity contribution in [2.75, 3.05) is 0 Å². The molecule has 0 amide bonds. The molecule has 206 valence electrons. The third-order valence-electron chi connectivity index (χ3n) is 9.12. The second kappa shape index (κ2) is 9.62. The number of ether oxygens (including phenoxy) is 1. The highest BCUT2D eigenvalue weighted by atomic mass is 16.5. The quantitative estimate of drug-likeness (QED) is 0.210. The van der Waals surface area contributed by atoms with Crippen molar-refractivity contribution >= 4 is 0 Å². The van der Waals surface area contributed by atoms with Gasteiger partial charge in [-0.3, -0.25) is 9.97 Å². The highest BCUT2D eigenvalue weighted by Gasteiger charge is 2.49. The van der Waals surface area contributed by atoms with Gasteiger partial charge in [0.25, 0.3) is 0 Å². The highest BCUT2D eigenvalue weighted by molar-refractivity contribution is 5.94. The summed E-state index contributed by atoms with van der Waals surface area (Å²) in [6.45, 7) is 0. The molecule has 0 fully saturated rings. The summed E-state index contributed by atoms with van der Waals surface area (Å²) in [5.74, 6) is 1.76. The van der Waals surface area contributed by atoms with Gasteiger partial charge in [0, 0.05) is 40.8 Å². The Balaban J connectivity index is 1.38. The molecule has 3 nitrogen and oxygen atoms in total. The van der Waals surface area contributed by atoms with Crippen LogP contribution in [0.4, 0.5) is 0 Å². The molecule has 0 bridgehead atoms. The molecule has 3 heteroatoms. The van der Waals surface area contributed by atoms with E-state index >= 15 is 0 Å². The lowest BCUT2D eigenvalue weighted by atomic mass is 9.62. The lowest BCUT2D eigenvalue weighted by Crippen LogP contribution is -2.34. The van der Waals surface area contributed by atoms with Crippen LogP contribution in [0.3, 0.4) is 0 Å². The van der Waals surface area contributed by atoms with Gasteiger partial charge in [-0.15, -0.1) is 0 Å². The van der Waals surface area contributed by atoms with Gasteiger partial charge in [0.1, 0.15) is 11.5 Å². The van der Waals surface area contributed by atoms with E-state index in [1.807, 2.05) is 24.5 Å². The van der Waals surface area contributed by atoms with Gasteiger partial charge in [-0.2, -0.15) is 0 Å². The Kier molecular flexibility index (Phi) is 5.41. The van der Waals surface area contributed by atoms with Crippen molar-refractivity contribution in [1.82, 2.24) is 9.97 Å². The van der Waals surface area contributed by atoms with Gasteiger partial charge in [0.05, 0.1) is 11.1 Å². The average Bonchev–Trinajstić information content (AvgIpc) is 3.21. The van der Waals surface area contributed by atoms with E-state index in [4.69, 9.17) is 9.72 Å². The van der Waals surface area contributed by atoms with Crippen LogP contribution in [0.2, 0.25) is 0 Å². The monoisotopic (exact) mass is 562 g/mol. The number of hydrogen-bond donors (Lipinski definition) is 0. The van der Waals surface area contributed by atoms with Crippen LogP contribution in [0.15, 0.2) is 158 Å². The topological polar surface area (TPSA) is 35.0 Å². The molecule has 2 aromatic heterocycles. The number of benzene rings is 5.